The molecule has 0 aliphatic carbocycles. The average molecular weight is 604 g/mol. The number of aliphatic hydroxyl groups is 1. The van der Waals surface area contributed by atoms with E-state index in [1.165, 1.54) is 24.6 Å². The smallest absolute Gasteiger partial charge is 0.272 e. The molecule has 2 aromatic carbocycles. The Morgan fingerprint density at radius 3 is 2.65 bits per heavy atom. The third-order valence-electron chi connectivity index (χ3n) is 6.95. The third-order valence-corrected chi connectivity index (χ3v) is 8.35. The number of oxazole rings is 1. The Balaban J connectivity index is 1.15. The number of rotatable bonds is 13. The fourth-order valence-electron chi connectivity index (χ4n) is 4.47. The molecular formula is C30H33N7O5S. The number of amides is 1. The first-order chi connectivity index (χ1) is 20.6. The van der Waals surface area contributed by atoms with E-state index in [0.29, 0.717) is 35.8 Å². The fraction of sp³-hybridized carbons (Fsp3) is 0.267. The minimum atomic E-state index is -3.74. The number of nitrogens with zero attached hydrogens (tertiary/aromatic N) is 4. The Hall–Kier alpha value is -4.59. The minimum Gasteiger partial charge on any atom is -0.447 e. The number of nitrogens with one attached hydrogen (secondary N) is 3. The molecule has 1 amide bonds. The second-order valence-electron chi connectivity index (χ2n) is 10.7. The van der Waals surface area contributed by atoms with Gasteiger partial charge in [-0.05, 0) is 62.2 Å². The molecule has 224 valence electrons. The first-order valence-electron chi connectivity index (χ1n) is 13.7. The number of aromatic nitrogens is 4. The molecule has 13 heteroatoms. The topological polar surface area (TPSA) is 164 Å². The first kappa shape index (κ1) is 29.9. The molecule has 0 bridgehead atoms. The van der Waals surface area contributed by atoms with Gasteiger partial charge in [0, 0.05) is 35.9 Å². The van der Waals surface area contributed by atoms with Gasteiger partial charge in [0.25, 0.3) is 15.9 Å². The molecule has 0 radical (unpaired) electrons. The van der Waals surface area contributed by atoms with Crippen molar-refractivity contribution in [3.05, 3.63) is 103 Å². The van der Waals surface area contributed by atoms with Crippen LogP contribution >= 0.6 is 0 Å². The van der Waals surface area contributed by atoms with E-state index < -0.39 is 16.1 Å². The number of fused-ring (bicyclic) bond motifs is 1. The normalized spacial score (nSPS) is 12.7. The summed E-state index contributed by atoms with van der Waals surface area (Å²) < 4.78 is 35.0. The standard InChI is InChI=1S/C30H33N7O5S/c1-30(2,33-19-26(38)21-7-6-8-23(17-21)36-43(40,41)24-9-4-3-5-10-24)12-15-37-14-11-22-18-25(34-35-28(22)37)29(39)32-20-27-31-13-16-42-27/h3-11,13-14,16-18,26,33,36,38H,12,15,19-20H2,1-2H3,(H,32,39)/t26-/m0/s1. The number of carbonyl (C=O) groups excluding carboxylic acids is 1. The maximum Gasteiger partial charge on any atom is 0.272 e. The second-order valence-corrected chi connectivity index (χ2v) is 12.4. The van der Waals surface area contributed by atoms with Crippen molar-refractivity contribution in [3.63, 3.8) is 0 Å². The van der Waals surface area contributed by atoms with Crippen LogP contribution in [0.4, 0.5) is 5.69 Å². The van der Waals surface area contributed by atoms with Crippen LogP contribution in [0.3, 0.4) is 0 Å². The summed E-state index contributed by atoms with van der Waals surface area (Å²) in [5, 5.41) is 26.2. The van der Waals surface area contributed by atoms with Gasteiger partial charge < -0.3 is 24.7 Å². The van der Waals surface area contributed by atoms with Crippen LogP contribution in [0.25, 0.3) is 11.0 Å². The van der Waals surface area contributed by atoms with Gasteiger partial charge in [-0.1, -0.05) is 30.3 Å². The number of aliphatic hydroxyl groups excluding tert-OH is 1. The van der Waals surface area contributed by atoms with Gasteiger partial charge in [-0.2, -0.15) is 0 Å². The fourth-order valence-corrected chi connectivity index (χ4v) is 5.54. The van der Waals surface area contributed by atoms with Gasteiger partial charge in [-0.15, -0.1) is 10.2 Å². The summed E-state index contributed by atoms with van der Waals surface area (Å²) in [5.41, 5.74) is 1.47. The van der Waals surface area contributed by atoms with E-state index in [1.807, 2.05) is 30.7 Å². The van der Waals surface area contributed by atoms with Gasteiger partial charge in [0.2, 0.25) is 5.89 Å². The molecule has 12 nitrogen and oxygen atoms in total. The number of hydrogen-bond donors (Lipinski definition) is 4. The average Bonchev–Trinajstić information content (AvgIpc) is 3.68. The predicted molar refractivity (Wildman–Crippen MR) is 161 cm³/mol. The van der Waals surface area contributed by atoms with Gasteiger partial charge in [0.1, 0.15) is 6.26 Å². The lowest BCUT2D eigenvalue weighted by molar-refractivity contribution is 0.0941. The number of carbonyl (C=O) groups is 1. The Labute approximate surface area is 249 Å². The van der Waals surface area contributed by atoms with E-state index in [2.05, 4.69) is 30.5 Å². The van der Waals surface area contributed by atoms with Gasteiger partial charge >= 0.3 is 0 Å². The van der Waals surface area contributed by atoms with Crippen molar-refractivity contribution in [1.29, 1.82) is 0 Å². The highest BCUT2D eigenvalue weighted by Crippen LogP contribution is 2.22. The highest BCUT2D eigenvalue weighted by molar-refractivity contribution is 7.92. The lowest BCUT2D eigenvalue weighted by atomic mass is 9.99. The Kier molecular flexibility index (Phi) is 8.85. The van der Waals surface area contributed by atoms with Crippen molar-refractivity contribution in [2.24, 2.45) is 0 Å². The number of sulfonamides is 1. The third kappa shape index (κ3) is 7.63. The molecular weight excluding hydrogens is 570 g/mol. The summed E-state index contributed by atoms with van der Waals surface area (Å²) in [6.45, 7) is 5.12. The van der Waals surface area contributed by atoms with Gasteiger partial charge in [0.15, 0.2) is 11.3 Å². The van der Waals surface area contributed by atoms with Crippen LogP contribution in [0.2, 0.25) is 0 Å². The summed E-state index contributed by atoms with van der Waals surface area (Å²) >= 11 is 0. The van der Waals surface area contributed by atoms with Crippen LogP contribution in [0, 0.1) is 0 Å². The maximum absolute atomic E-state index is 12.7. The van der Waals surface area contributed by atoms with Gasteiger partial charge in [-0.25, -0.2) is 13.4 Å². The second kappa shape index (κ2) is 12.7. The van der Waals surface area contributed by atoms with E-state index in [0.717, 1.165) is 5.39 Å². The summed E-state index contributed by atoms with van der Waals surface area (Å²) in [4.78, 5) is 16.6. The van der Waals surface area contributed by atoms with Crippen molar-refractivity contribution >= 4 is 32.7 Å². The van der Waals surface area contributed by atoms with Crippen molar-refractivity contribution < 1.29 is 22.7 Å². The van der Waals surface area contributed by atoms with E-state index in [-0.39, 0.29) is 35.1 Å². The largest absolute Gasteiger partial charge is 0.447 e. The van der Waals surface area contributed by atoms with Crippen molar-refractivity contribution in [3.8, 4) is 0 Å². The van der Waals surface area contributed by atoms with Crippen LogP contribution < -0.4 is 15.4 Å². The Morgan fingerprint density at radius 1 is 1.07 bits per heavy atom. The number of anilines is 1. The summed E-state index contributed by atoms with van der Waals surface area (Å²) in [5.74, 6) is 0.0282. The number of benzene rings is 2. The molecule has 3 heterocycles. The van der Waals surface area contributed by atoms with Crippen LogP contribution in [0.15, 0.2) is 94.7 Å². The minimum absolute atomic E-state index is 0.155. The Morgan fingerprint density at radius 2 is 1.88 bits per heavy atom. The molecule has 5 aromatic rings. The SMILES string of the molecule is CC(C)(CCn1ccc2cc(C(=O)NCc3ncco3)nnc21)NC[C@H](O)c1cccc(NS(=O)(=O)c2ccccc2)c1. The van der Waals surface area contributed by atoms with Crippen molar-refractivity contribution in [1.82, 2.24) is 30.4 Å². The van der Waals surface area contributed by atoms with Crippen molar-refractivity contribution in [2.75, 3.05) is 11.3 Å². The summed E-state index contributed by atoms with van der Waals surface area (Å²) in [6.07, 6.45) is 4.71. The molecule has 3 aromatic heterocycles. The zero-order valence-electron chi connectivity index (χ0n) is 23.8. The molecule has 1 atom stereocenters. The monoisotopic (exact) mass is 603 g/mol. The molecule has 0 saturated heterocycles. The summed E-state index contributed by atoms with van der Waals surface area (Å²) in [6, 6.07) is 18.4. The molecule has 0 fully saturated rings. The van der Waals surface area contributed by atoms with Gasteiger partial charge in [0.05, 0.1) is 23.7 Å². The number of hydrogen-bond acceptors (Lipinski definition) is 9. The van der Waals surface area contributed by atoms with E-state index in [9.17, 15) is 18.3 Å². The zero-order chi connectivity index (χ0) is 30.5. The highest BCUT2D eigenvalue weighted by Gasteiger charge is 2.21. The highest BCUT2D eigenvalue weighted by atomic mass is 32.2. The van der Waals surface area contributed by atoms with Crippen LogP contribution in [0.5, 0.6) is 0 Å². The number of aryl methyl sites for hydroxylation is 1. The van der Waals surface area contributed by atoms with Crippen LogP contribution in [0.1, 0.15) is 48.3 Å². The molecule has 4 N–H and O–H groups in total. The van der Waals surface area contributed by atoms with Crippen molar-refractivity contribution in [2.45, 2.75) is 49.9 Å². The summed E-state index contributed by atoms with van der Waals surface area (Å²) in [7, 11) is -3.74. The lowest BCUT2D eigenvalue weighted by Crippen LogP contribution is -2.42. The van der Waals surface area contributed by atoms with E-state index in [4.69, 9.17) is 4.42 Å². The molecule has 0 unspecified atom stereocenters. The van der Waals surface area contributed by atoms with Crippen LogP contribution in [-0.4, -0.2) is 51.3 Å². The zero-order valence-corrected chi connectivity index (χ0v) is 24.6. The molecule has 0 spiro atoms. The number of β-amino-alcohol motifs (C(OH)–C–C–N with tert-alkyl or cyclic N) is 1. The quantitative estimate of drug-likeness (QED) is 0.157. The predicted octanol–water partition coefficient (Wildman–Crippen LogP) is 3.64. The molecule has 0 aliphatic heterocycles. The molecule has 0 aliphatic rings. The van der Waals surface area contributed by atoms with Gasteiger partial charge in [-0.3, -0.25) is 9.52 Å². The molecule has 5 rings (SSSR count). The van der Waals surface area contributed by atoms with Crippen LogP contribution in [-0.2, 0) is 23.1 Å². The van der Waals surface area contributed by atoms with E-state index >= 15 is 0 Å². The lowest BCUT2D eigenvalue weighted by Gasteiger charge is -2.28. The van der Waals surface area contributed by atoms with E-state index in [1.54, 1.807) is 48.5 Å². The molecule has 0 saturated carbocycles. The maximum atomic E-state index is 12.7. The Bertz CT molecular complexity index is 1790. The first-order valence-corrected chi connectivity index (χ1v) is 15.2. The molecule has 43 heavy (non-hydrogen) atoms.